The third kappa shape index (κ3) is 10.1. The van der Waals surface area contributed by atoms with Crippen molar-refractivity contribution in [1.29, 1.82) is 0 Å². The van der Waals surface area contributed by atoms with Gasteiger partial charge in [-0.2, -0.15) is 0 Å². The molecule has 1 N–H and O–H groups in total. The maximum Gasteiger partial charge on any atom is 0.514 e. The average Bonchev–Trinajstić information content (AvgIpc) is 2.75. The van der Waals surface area contributed by atoms with Crippen LogP contribution in [-0.2, 0) is 16.0 Å². The first-order chi connectivity index (χ1) is 16.8. The molecule has 0 unspecified atom stereocenters. The molecule has 7 nitrogen and oxygen atoms in total. The van der Waals surface area contributed by atoms with Crippen molar-refractivity contribution in [3.8, 4) is 17.6 Å². The van der Waals surface area contributed by atoms with Crippen LogP contribution in [0.25, 0.3) is 12.7 Å². The largest absolute Gasteiger partial charge is 0.514 e. The van der Waals surface area contributed by atoms with Gasteiger partial charge in [0.25, 0.3) is 0 Å². The van der Waals surface area contributed by atoms with E-state index < -0.39 is 23.5 Å². The molecule has 0 spiro atoms. The van der Waals surface area contributed by atoms with Crippen LogP contribution in [0.4, 0.5) is 9.59 Å². The summed E-state index contributed by atoms with van der Waals surface area (Å²) in [6.45, 7) is 16.5. The number of hydrogen-bond acceptors (Lipinski definition) is 6. The van der Waals surface area contributed by atoms with E-state index in [4.69, 9.17) is 14.2 Å². The first-order valence-electron chi connectivity index (χ1n) is 11.6. The zero-order chi connectivity index (χ0) is 26.9. The Morgan fingerprint density at radius 1 is 1.06 bits per heavy atom. The van der Waals surface area contributed by atoms with Gasteiger partial charge in [0.2, 0.25) is 0 Å². The van der Waals surface area contributed by atoms with E-state index in [9.17, 15) is 9.59 Å². The predicted molar refractivity (Wildman–Crippen MR) is 140 cm³/mol. The van der Waals surface area contributed by atoms with Crippen LogP contribution >= 0.6 is 0 Å². The van der Waals surface area contributed by atoms with Crippen LogP contribution in [0.15, 0.2) is 48.0 Å². The molecule has 7 heteroatoms. The van der Waals surface area contributed by atoms with Gasteiger partial charge in [-0.05, 0) is 66.7 Å². The Morgan fingerprint density at radius 2 is 1.69 bits per heavy atom. The van der Waals surface area contributed by atoms with Crippen molar-refractivity contribution in [1.82, 2.24) is 10.3 Å². The summed E-state index contributed by atoms with van der Waals surface area (Å²) in [6, 6.07) is 11.1. The van der Waals surface area contributed by atoms with Gasteiger partial charge >= 0.3 is 12.2 Å². The molecule has 0 bridgehead atoms. The Morgan fingerprint density at radius 3 is 2.28 bits per heavy atom. The highest BCUT2D eigenvalue weighted by Gasteiger charge is 2.20. The fourth-order valence-electron chi connectivity index (χ4n) is 2.82. The molecular weight excluding hydrogens is 456 g/mol. The molecule has 2 rings (SSSR count). The molecule has 36 heavy (non-hydrogen) atoms. The van der Waals surface area contributed by atoms with Crippen molar-refractivity contribution < 1.29 is 23.8 Å². The maximum absolute atomic E-state index is 12.5. The summed E-state index contributed by atoms with van der Waals surface area (Å²) < 4.78 is 16.1. The van der Waals surface area contributed by atoms with Crippen LogP contribution in [0.1, 0.15) is 59.7 Å². The lowest BCUT2D eigenvalue weighted by Crippen LogP contribution is -2.35. The van der Waals surface area contributed by atoms with Gasteiger partial charge in [-0.3, -0.25) is 4.98 Å². The van der Waals surface area contributed by atoms with Crippen molar-refractivity contribution in [2.45, 2.75) is 66.2 Å². The van der Waals surface area contributed by atoms with Gasteiger partial charge < -0.3 is 19.5 Å². The number of nitrogens with zero attached hydrogens (tertiary/aromatic N) is 1. The number of hydrogen-bond donors (Lipinski definition) is 1. The van der Waals surface area contributed by atoms with E-state index in [0.717, 1.165) is 5.56 Å². The first-order valence-corrected chi connectivity index (χ1v) is 11.6. The Hall–Kier alpha value is -4.05. The van der Waals surface area contributed by atoms with Gasteiger partial charge in [-0.1, -0.05) is 42.7 Å². The van der Waals surface area contributed by atoms with Crippen molar-refractivity contribution >= 4 is 24.9 Å². The summed E-state index contributed by atoms with van der Waals surface area (Å²) in [6.07, 6.45) is 2.12. The molecular formula is C29H34N2O5. The lowest BCUT2D eigenvalue weighted by Gasteiger charge is -2.20. The Bertz CT molecular complexity index is 1290. The summed E-state index contributed by atoms with van der Waals surface area (Å²) in [5, 5.41) is 3.46. The number of ether oxygens (including phenoxy) is 3. The van der Waals surface area contributed by atoms with Gasteiger partial charge in [0, 0.05) is 22.4 Å². The number of amides is 1. The number of pyridine rings is 1. The molecule has 0 radical (unpaired) electrons. The second-order valence-electron chi connectivity index (χ2n) is 9.90. The summed E-state index contributed by atoms with van der Waals surface area (Å²) in [5.41, 5.74) is 0.603. The number of benzene rings is 1. The monoisotopic (exact) mass is 490 g/mol. The van der Waals surface area contributed by atoms with Crippen LogP contribution in [0, 0.1) is 11.8 Å². The number of carbonyl (C=O) groups excluding carboxylic acids is 2. The zero-order valence-electron chi connectivity index (χ0n) is 22.0. The molecule has 190 valence electrons. The van der Waals surface area contributed by atoms with Crippen LogP contribution in [0.2, 0.25) is 0 Å². The van der Waals surface area contributed by atoms with Gasteiger partial charge in [0.1, 0.15) is 17.0 Å². The highest BCUT2D eigenvalue weighted by atomic mass is 16.7. The normalized spacial score (nSPS) is 12.3. The molecule has 0 saturated carbocycles. The quantitative estimate of drug-likeness (QED) is 0.498. The molecule has 0 atom stereocenters. The van der Waals surface area contributed by atoms with Crippen molar-refractivity contribution in [3.63, 3.8) is 0 Å². The lowest BCUT2D eigenvalue weighted by atomic mass is 10.1. The van der Waals surface area contributed by atoms with Gasteiger partial charge in [0.15, 0.2) is 0 Å². The second kappa shape index (κ2) is 12.1. The molecule has 0 fully saturated rings. The molecule has 1 heterocycles. The Labute approximate surface area is 212 Å². The predicted octanol–water partition coefficient (Wildman–Crippen LogP) is 4.61. The summed E-state index contributed by atoms with van der Waals surface area (Å²) in [7, 11) is 0. The Balaban J connectivity index is 2.45. The maximum atomic E-state index is 12.5. The van der Waals surface area contributed by atoms with Crippen molar-refractivity contribution in [2.75, 3.05) is 0 Å². The van der Waals surface area contributed by atoms with E-state index in [1.165, 1.54) is 0 Å². The average molecular weight is 491 g/mol. The molecule has 0 aliphatic rings. The molecule has 0 saturated heterocycles. The standard InChI is InChI=1S/C29H34N2O5/c1-9-21(15-16-22-13-11-10-12-14-22)17-24-20(2)31-23(19-30-26(32)35-28(3,4)5)18-25(24)34-27(33)36-29(6,7)8/h9-14,17-18H,2,19H2,1,3-8H3,(H,30,32)/b21-9-,24-17+. The molecule has 1 aromatic carbocycles. The van der Waals surface area contributed by atoms with E-state index in [-0.39, 0.29) is 12.3 Å². The van der Waals surface area contributed by atoms with Crippen LogP contribution < -0.4 is 20.6 Å². The fraction of sp³-hybridized carbons (Fsp3) is 0.345. The smallest absolute Gasteiger partial charge is 0.444 e. The van der Waals surface area contributed by atoms with Crippen molar-refractivity contribution in [3.05, 3.63) is 69.9 Å². The number of carbonyl (C=O) groups is 2. The number of aromatic nitrogens is 1. The summed E-state index contributed by atoms with van der Waals surface area (Å²) >= 11 is 0. The topological polar surface area (TPSA) is 86.8 Å². The number of nitrogens with one attached hydrogen (secondary N) is 1. The zero-order valence-corrected chi connectivity index (χ0v) is 22.0. The number of rotatable bonds is 4. The molecule has 2 aromatic rings. The van der Waals surface area contributed by atoms with Crippen LogP contribution in [-0.4, -0.2) is 28.4 Å². The minimum absolute atomic E-state index is 0.0483. The van der Waals surface area contributed by atoms with Crippen LogP contribution in [0.5, 0.6) is 5.75 Å². The Kier molecular flexibility index (Phi) is 9.45. The second-order valence-corrected chi connectivity index (χ2v) is 9.90. The third-order valence-corrected chi connectivity index (χ3v) is 4.28. The summed E-state index contributed by atoms with van der Waals surface area (Å²) in [5.74, 6) is 6.40. The number of alkyl carbamates (subject to hydrolysis) is 1. The lowest BCUT2D eigenvalue weighted by molar-refractivity contribution is 0.0203. The molecule has 0 aliphatic carbocycles. The van der Waals surface area contributed by atoms with Gasteiger partial charge in [0.05, 0.1) is 17.6 Å². The summed E-state index contributed by atoms with van der Waals surface area (Å²) in [4.78, 5) is 29.0. The highest BCUT2D eigenvalue weighted by Crippen LogP contribution is 2.12. The van der Waals surface area contributed by atoms with E-state index >= 15 is 0 Å². The van der Waals surface area contributed by atoms with Crippen molar-refractivity contribution in [2.24, 2.45) is 0 Å². The van der Waals surface area contributed by atoms with E-state index in [2.05, 4.69) is 28.7 Å². The molecule has 0 aliphatic heterocycles. The van der Waals surface area contributed by atoms with Gasteiger partial charge in [-0.25, -0.2) is 9.59 Å². The van der Waals surface area contributed by atoms with E-state index in [1.807, 2.05) is 43.3 Å². The SMILES string of the molecule is C=c1nc(CNC(=O)OC(C)(C)C)cc(OC(=O)OC(C)(C)C)/c1=C/C(C#Cc1ccccc1)=C\C. The minimum atomic E-state index is -0.869. The number of allylic oxidation sites excluding steroid dienone is 2. The third-order valence-electron chi connectivity index (χ3n) is 4.28. The minimum Gasteiger partial charge on any atom is -0.444 e. The van der Waals surface area contributed by atoms with Gasteiger partial charge in [-0.15, -0.1) is 0 Å². The van der Waals surface area contributed by atoms with Crippen LogP contribution in [0.3, 0.4) is 0 Å². The first kappa shape index (κ1) is 28.2. The highest BCUT2D eigenvalue weighted by molar-refractivity contribution is 5.68. The van der Waals surface area contributed by atoms with E-state index in [0.29, 0.717) is 21.8 Å². The molecule has 1 aromatic heterocycles. The molecule has 1 amide bonds. The fourth-order valence-corrected chi connectivity index (χ4v) is 2.82. The van der Waals surface area contributed by atoms with E-state index in [1.54, 1.807) is 53.7 Å².